The van der Waals surface area contributed by atoms with Gasteiger partial charge in [0.2, 0.25) is 5.91 Å². The SMILES string of the molecule is NC(CNC(=O)C=Cc1ccc(F)cc1)c1ccccc1. The van der Waals surface area contributed by atoms with Crippen molar-refractivity contribution >= 4 is 12.0 Å². The molecule has 1 unspecified atom stereocenters. The van der Waals surface area contributed by atoms with Gasteiger partial charge in [-0.1, -0.05) is 42.5 Å². The highest BCUT2D eigenvalue weighted by Crippen LogP contribution is 2.08. The molecule has 108 valence electrons. The van der Waals surface area contributed by atoms with Gasteiger partial charge in [0.05, 0.1) is 0 Å². The third-order valence-corrected chi connectivity index (χ3v) is 3.02. The Kier molecular flexibility index (Phi) is 5.23. The third kappa shape index (κ3) is 4.85. The molecule has 4 heteroatoms. The number of rotatable bonds is 5. The molecule has 0 saturated heterocycles. The summed E-state index contributed by atoms with van der Waals surface area (Å²) in [4.78, 5) is 11.7. The molecule has 2 aromatic carbocycles. The lowest BCUT2D eigenvalue weighted by molar-refractivity contribution is -0.116. The Balaban J connectivity index is 1.83. The van der Waals surface area contributed by atoms with E-state index < -0.39 is 0 Å². The molecule has 0 aliphatic rings. The molecule has 0 aromatic heterocycles. The van der Waals surface area contributed by atoms with E-state index >= 15 is 0 Å². The number of carbonyl (C=O) groups excluding carboxylic acids is 1. The lowest BCUT2D eigenvalue weighted by atomic mass is 10.1. The summed E-state index contributed by atoms with van der Waals surface area (Å²) in [5, 5.41) is 2.74. The van der Waals surface area contributed by atoms with Gasteiger partial charge in [-0.05, 0) is 29.3 Å². The summed E-state index contributed by atoms with van der Waals surface area (Å²) in [6.07, 6.45) is 3.04. The monoisotopic (exact) mass is 284 g/mol. The fourth-order valence-corrected chi connectivity index (χ4v) is 1.83. The quantitative estimate of drug-likeness (QED) is 0.829. The van der Waals surface area contributed by atoms with Crippen molar-refractivity contribution in [1.82, 2.24) is 5.32 Å². The Morgan fingerprint density at radius 1 is 1.14 bits per heavy atom. The molecule has 0 aliphatic carbocycles. The fourth-order valence-electron chi connectivity index (χ4n) is 1.83. The lowest BCUT2D eigenvalue weighted by Crippen LogP contribution is -2.30. The van der Waals surface area contributed by atoms with Crippen LogP contribution >= 0.6 is 0 Å². The molecular weight excluding hydrogens is 267 g/mol. The van der Waals surface area contributed by atoms with Crippen LogP contribution in [0.15, 0.2) is 60.7 Å². The molecule has 0 heterocycles. The Labute approximate surface area is 123 Å². The molecule has 3 N–H and O–H groups in total. The van der Waals surface area contributed by atoms with Crippen LogP contribution in [0.4, 0.5) is 4.39 Å². The molecule has 0 aliphatic heterocycles. The van der Waals surface area contributed by atoms with Crippen LogP contribution in [0.3, 0.4) is 0 Å². The summed E-state index contributed by atoms with van der Waals surface area (Å²) >= 11 is 0. The minimum Gasteiger partial charge on any atom is -0.351 e. The maximum atomic E-state index is 12.7. The molecule has 2 aromatic rings. The molecule has 0 bridgehead atoms. The number of hydrogen-bond donors (Lipinski definition) is 2. The molecule has 1 amide bonds. The van der Waals surface area contributed by atoms with Crippen molar-refractivity contribution in [2.75, 3.05) is 6.54 Å². The molecule has 2 rings (SSSR count). The molecular formula is C17H17FN2O. The van der Waals surface area contributed by atoms with Crippen LogP contribution in [0.2, 0.25) is 0 Å². The molecule has 0 saturated carbocycles. The predicted molar refractivity (Wildman–Crippen MR) is 81.8 cm³/mol. The Hall–Kier alpha value is -2.46. The minimum atomic E-state index is -0.301. The van der Waals surface area contributed by atoms with Gasteiger partial charge in [0.25, 0.3) is 0 Å². The number of amides is 1. The molecule has 3 nitrogen and oxygen atoms in total. The minimum absolute atomic E-state index is 0.231. The zero-order valence-electron chi connectivity index (χ0n) is 11.5. The highest BCUT2D eigenvalue weighted by molar-refractivity contribution is 5.91. The highest BCUT2D eigenvalue weighted by atomic mass is 19.1. The molecule has 21 heavy (non-hydrogen) atoms. The van der Waals surface area contributed by atoms with Gasteiger partial charge >= 0.3 is 0 Å². The van der Waals surface area contributed by atoms with Crippen molar-refractivity contribution in [3.63, 3.8) is 0 Å². The van der Waals surface area contributed by atoms with Crippen LogP contribution in [0, 0.1) is 5.82 Å². The van der Waals surface area contributed by atoms with Crippen LogP contribution < -0.4 is 11.1 Å². The zero-order chi connectivity index (χ0) is 15.1. The van der Waals surface area contributed by atoms with Crippen molar-refractivity contribution in [2.24, 2.45) is 5.73 Å². The Morgan fingerprint density at radius 2 is 1.81 bits per heavy atom. The number of carbonyl (C=O) groups is 1. The van der Waals surface area contributed by atoms with E-state index in [0.29, 0.717) is 6.54 Å². The maximum absolute atomic E-state index is 12.7. The smallest absolute Gasteiger partial charge is 0.244 e. The molecule has 1 atom stereocenters. The summed E-state index contributed by atoms with van der Waals surface area (Å²) in [5.74, 6) is -0.531. The summed E-state index contributed by atoms with van der Waals surface area (Å²) < 4.78 is 12.7. The van der Waals surface area contributed by atoms with Gasteiger partial charge < -0.3 is 11.1 Å². The predicted octanol–water partition coefficient (Wildman–Crippen LogP) is 2.66. The summed E-state index contributed by atoms with van der Waals surface area (Å²) in [7, 11) is 0. The van der Waals surface area contributed by atoms with Gasteiger partial charge in [-0.15, -0.1) is 0 Å². The van der Waals surface area contributed by atoms with Gasteiger partial charge in [-0.3, -0.25) is 4.79 Å². The first kappa shape index (κ1) is 14.9. The number of nitrogens with two attached hydrogens (primary N) is 1. The number of halogens is 1. The van der Waals surface area contributed by atoms with Crippen molar-refractivity contribution in [2.45, 2.75) is 6.04 Å². The average Bonchev–Trinajstić information content (AvgIpc) is 2.53. The van der Waals surface area contributed by atoms with Crippen molar-refractivity contribution < 1.29 is 9.18 Å². The number of hydrogen-bond acceptors (Lipinski definition) is 2. The summed E-state index contributed by atoms with van der Waals surface area (Å²) in [5.41, 5.74) is 7.72. The topological polar surface area (TPSA) is 55.1 Å². The van der Waals surface area contributed by atoms with E-state index in [4.69, 9.17) is 5.73 Å². The average molecular weight is 284 g/mol. The fraction of sp³-hybridized carbons (Fsp3) is 0.118. The van der Waals surface area contributed by atoms with Crippen LogP contribution in [0.1, 0.15) is 17.2 Å². The highest BCUT2D eigenvalue weighted by Gasteiger charge is 2.05. The van der Waals surface area contributed by atoms with Crippen LogP contribution in [0.25, 0.3) is 6.08 Å². The Bertz CT molecular complexity index is 608. The van der Waals surface area contributed by atoms with Crippen molar-refractivity contribution in [3.05, 3.63) is 77.6 Å². The zero-order valence-corrected chi connectivity index (χ0v) is 11.5. The number of nitrogens with one attached hydrogen (secondary N) is 1. The van der Waals surface area contributed by atoms with Gasteiger partial charge in [0.15, 0.2) is 0 Å². The standard InChI is InChI=1S/C17H17FN2O/c18-15-9-6-13(7-10-15)8-11-17(21)20-12-16(19)14-4-2-1-3-5-14/h1-11,16H,12,19H2,(H,20,21). The molecule has 0 fully saturated rings. The third-order valence-electron chi connectivity index (χ3n) is 3.02. The van der Waals surface area contributed by atoms with E-state index in [2.05, 4.69) is 5.32 Å². The van der Waals surface area contributed by atoms with Crippen LogP contribution in [-0.2, 0) is 4.79 Å². The van der Waals surface area contributed by atoms with E-state index in [9.17, 15) is 9.18 Å². The van der Waals surface area contributed by atoms with E-state index in [-0.39, 0.29) is 17.8 Å². The van der Waals surface area contributed by atoms with Crippen molar-refractivity contribution in [1.29, 1.82) is 0 Å². The van der Waals surface area contributed by atoms with Gasteiger partial charge in [0.1, 0.15) is 5.82 Å². The Morgan fingerprint density at radius 3 is 2.48 bits per heavy atom. The first-order valence-electron chi connectivity index (χ1n) is 6.67. The number of benzene rings is 2. The summed E-state index contributed by atoms with van der Waals surface area (Å²) in [6, 6.07) is 15.2. The second-order valence-electron chi connectivity index (χ2n) is 4.65. The van der Waals surface area contributed by atoms with E-state index in [0.717, 1.165) is 11.1 Å². The van der Waals surface area contributed by atoms with E-state index in [1.165, 1.54) is 18.2 Å². The van der Waals surface area contributed by atoms with Crippen LogP contribution in [-0.4, -0.2) is 12.5 Å². The lowest BCUT2D eigenvalue weighted by Gasteiger charge is -2.11. The van der Waals surface area contributed by atoms with Gasteiger partial charge in [0, 0.05) is 18.7 Å². The van der Waals surface area contributed by atoms with Gasteiger partial charge in [-0.25, -0.2) is 4.39 Å². The second-order valence-corrected chi connectivity index (χ2v) is 4.65. The maximum Gasteiger partial charge on any atom is 0.244 e. The van der Waals surface area contributed by atoms with Crippen LogP contribution in [0.5, 0.6) is 0 Å². The first-order valence-corrected chi connectivity index (χ1v) is 6.67. The molecule has 0 radical (unpaired) electrons. The largest absolute Gasteiger partial charge is 0.351 e. The van der Waals surface area contributed by atoms with E-state index in [1.54, 1.807) is 18.2 Å². The second kappa shape index (κ2) is 7.36. The van der Waals surface area contributed by atoms with E-state index in [1.807, 2.05) is 30.3 Å². The first-order chi connectivity index (χ1) is 10.1. The van der Waals surface area contributed by atoms with Gasteiger partial charge in [-0.2, -0.15) is 0 Å². The van der Waals surface area contributed by atoms with Crippen molar-refractivity contribution in [3.8, 4) is 0 Å². The molecule has 0 spiro atoms. The summed E-state index contributed by atoms with van der Waals surface area (Å²) in [6.45, 7) is 0.358. The normalized spacial score (nSPS) is 12.3.